The van der Waals surface area contributed by atoms with Gasteiger partial charge in [0.25, 0.3) is 0 Å². The molecule has 4 aromatic carbocycles. The average molecular weight is 539 g/mol. The van der Waals surface area contributed by atoms with Crippen LogP contribution in [0.5, 0.6) is 0 Å². The fourth-order valence-electron chi connectivity index (χ4n) is 7.64. The van der Waals surface area contributed by atoms with Crippen LogP contribution in [0.15, 0.2) is 143 Å². The van der Waals surface area contributed by atoms with E-state index in [0.717, 1.165) is 6.42 Å². The molecule has 39 heavy (non-hydrogen) atoms. The predicted octanol–water partition coefficient (Wildman–Crippen LogP) is 9.68. The van der Waals surface area contributed by atoms with Gasteiger partial charge in [0.1, 0.15) is 0 Å². The predicted molar refractivity (Wildman–Crippen MR) is 167 cm³/mol. The van der Waals surface area contributed by atoms with Crippen LogP contribution in [0, 0.1) is 11.8 Å². The second kappa shape index (κ2) is 9.47. The Bertz CT molecular complexity index is 1580. The molecule has 0 aromatic heterocycles. The van der Waals surface area contributed by atoms with Gasteiger partial charge >= 0.3 is 0 Å². The topological polar surface area (TPSA) is 0 Å². The first-order valence-electron chi connectivity index (χ1n) is 14.1. The number of benzene rings is 4. The molecule has 2 heterocycles. The Labute approximate surface area is 240 Å². The zero-order chi connectivity index (χ0) is 25.8. The highest BCUT2D eigenvalue weighted by atomic mass is 32.2. The molecule has 2 aliphatic heterocycles. The monoisotopic (exact) mass is 538 g/mol. The first-order chi connectivity index (χ1) is 19.3. The van der Waals surface area contributed by atoms with Crippen LogP contribution in [0.25, 0.3) is 11.1 Å². The molecule has 4 unspecified atom stereocenters. The Balaban J connectivity index is 1.35. The number of thioether (sulfide) groups is 1. The Morgan fingerprint density at radius 3 is 1.92 bits per heavy atom. The van der Waals surface area contributed by atoms with Crippen LogP contribution in [0.2, 0.25) is 0 Å². The Morgan fingerprint density at radius 1 is 0.615 bits per heavy atom. The van der Waals surface area contributed by atoms with E-state index in [9.17, 15) is 0 Å². The minimum Gasteiger partial charge on any atom is -0.146 e. The smallest absolute Gasteiger partial charge is 0.0343 e. The first-order valence-corrected chi connectivity index (χ1v) is 15.8. The summed E-state index contributed by atoms with van der Waals surface area (Å²) >= 11 is 4.16. The normalized spacial score (nSPS) is 25.9. The summed E-state index contributed by atoms with van der Waals surface area (Å²) in [4.78, 5) is 2.87. The van der Waals surface area contributed by atoms with Crippen molar-refractivity contribution in [2.75, 3.05) is 0 Å². The summed E-state index contributed by atoms with van der Waals surface area (Å²) < 4.78 is 0. The third-order valence-corrected chi connectivity index (χ3v) is 11.9. The van der Waals surface area contributed by atoms with E-state index in [-0.39, 0.29) is 5.41 Å². The minimum atomic E-state index is -0.0487. The third kappa shape index (κ3) is 3.68. The lowest BCUT2D eigenvalue weighted by Gasteiger charge is -2.58. The average Bonchev–Trinajstić information content (AvgIpc) is 3.01. The van der Waals surface area contributed by atoms with Crippen molar-refractivity contribution in [3.8, 4) is 0 Å². The van der Waals surface area contributed by atoms with Crippen LogP contribution in [-0.4, -0.2) is 10.5 Å². The number of rotatable bonds is 2. The molecule has 2 heteroatoms. The summed E-state index contributed by atoms with van der Waals surface area (Å²) in [6.07, 6.45) is 12.6. The van der Waals surface area contributed by atoms with Gasteiger partial charge in [-0.2, -0.15) is 0 Å². The van der Waals surface area contributed by atoms with Crippen molar-refractivity contribution in [2.45, 2.75) is 38.5 Å². The maximum Gasteiger partial charge on any atom is 0.0343 e. The van der Waals surface area contributed by atoms with Gasteiger partial charge < -0.3 is 0 Å². The van der Waals surface area contributed by atoms with Crippen molar-refractivity contribution < 1.29 is 0 Å². The van der Waals surface area contributed by atoms with Crippen molar-refractivity contribution in [2.24, 2.45) is 11.8 Å². The lowest BCUT2D eigenvalue weighted by atomic mass is 9.53. The van der Waals surface area contributed by atoms with Crippen LogP contribution >= 0.6 is 23.5 Å². The summed E-state index contributed by atoms with van der Waals surface area (Å²) in [5, 5.41) is 0.862. The SMILES string of the molecule is C1=CC2C(C=C1c1ccccc1)SC1C=C(c3ccccc3)CCC1C21c2ccccc2Sc2ccccc21. The van der Waals surface area contributed by atoms with Gasteiger partial charge in [-0.15, -0.1) is 11.8 Å². The molecule has 4 atom stereocenters. The molecule has 1 spiro atoms. The van der Waals surface area contributed by atoms with Crippen molar-refractivity contribution in [3.05, 3.63) is 156 Å². The summed E-state index contributed by atoms with van der Waals surface area (Å²) in [6, 6.07) is 40.6. The first kappa shape index (κ1) is 23.7. The Kier molecular flexibility index (Phi) is 5.75. The van der Waals surface area contributed by atoms with E-state index < -0.39 is 0 Å². The number of hydrogen-bond acceptors (Lipinski definition) is 2. The molecular weight excluding hydrogens is 509 g/mol. The van der Waals surface area contributed by atoms with E-state index in [2.05, 4.69) is 145 Å². The van der Waals surface area contributed by atoms with Gasteiger partial charge in [0.15, 0.2) is 0 Å². The molecule has 8 rings (SSSR count). The molecule has 1 fully saturated rings. The summed E-state index contributed by atoms with van der Waals surface area (Å²) in [7, 11) is 0. The largest absolute Gasteiger partial charge is 0.146 e. The Hall–Kier alpha value is -3.20. The molecule has 4 aliphatic rings. The lowest BCUT2D eigenvalue weighted by molar-refractivity contribution is 0.219. The second-order valence-electron chi connectivity index (χ2n) is 11.1. The van der Waals surface area contributed by atoms with E-state index >= 15 is 0 Å². The Morgan fingerprint density at radius 2 is 1.23 bits per heavy atom. The van der Waals surface area contributed by atoms with Gasteiger partial charge in [-0.3, -0.25) is 0 Å². The molecule has 1 saturated heterocycles. The molecule has 0 saturated carbocycles. The van der Waals surface area contributed by atoms with Crippen molar-refractivity contribution >= 4 is 34.7 Å². The van der Waals surface area contributed by atoms with Gasteiger partial charge in [0.05, 0.1) is 0 Å². The van der Waals surface area contributed by atoms with E-state index in [0.29, 0.717) is 22.3 Å². The van der Waals surface area contributed by atoms with Crippen molar-refractivity contribution in [3.63, 3.8) is 0 Å². The minimum absolute atomic E-state index is 0.0487. The highest BCUT2D eigenvalue weighted by molar-refractivity contribution is 8.01. The van der Waals surface area contributed by atoms with Gasteiger partial charge in [0, 0.05) is 31.6 Å². The number of allylic oxidation sites excluding steroid dienone is 4. The molecule has 0 bridgehead atoms. The maximum atomic E-state index is 2.65. The fraction of sp³-hybridized carbons (Fsp3) is 0.189. The van der Waals surface area contributed by atoms with Crippen LogP contribution < -0.4 is 0 Å². The number of fused-ring (bicyclic) bond motifs is 8. The van der Waals surface area contributed by atoms with Crippen LogP contribution in [-0.2, 0) is 5.41 Å². The lowest BCUT2D eigenvalue weighted by Crippen LogP contribution is -2.56. The van der Waals surface area contributed by atoms with Crippen molar-refractivity contribution in [1.29, 1.82) is 0 Å². The van der Waals surface area contributed by atoms with Crippen LogP contribution in [0.4, 0.5) is 0 Å². The highest BCUT2D eigenvalue weighted by Gasteiger charge is 2.59. The van der Waals surface area contributed by atoms with E-state index in [1.807, 2.05) is 11.8 Å². The van der Waals surface area contributed by atoms with Crippen molar-refractivity contribution in [1.82, 2.24) is 0 Å². The molecule has 0 radical (unpaired) electrons. The van der Waals surface area contributed by atoms with Crippen LogP contribution in [0.3, 0.4) is 0 Å². The van der Waals surface area contributed by atoms with E-state index in [1.165, 1.54) is 49.6 Å². The second-order valence-corrected chi connectivity index (χ2v) is 13.5. The standard InChI is InChI=1S/C37H30S2/c1-3-11-25(12-4-1)27-19-21-31-35(23-27)39-36-24-28(26-13-5-2-6-14-26)20-22-32(36)37(31)29-15-7-9-17-33(29)38-34-18-10-8-16-30(34)37/h1-19,21,23-24,31-32,35-36H,20,22H2. The summed E-state index contributed by atoms with van der Waals surface area (Å²) in [5.74, 6) is 0.946. The van der Waals surface area contributed by atoms with Gasteiger partial charge in [-0.25, -0.2) is 0 Å². The molecule has 0 nitrogen and oxygen atoms in total. The molecule has 190 valence electrons. The van der Waals surface area contributed by atoms with E-state index in [1.54, 1.807) is 0 Å². The molecule has 0 N–H and O–H groups in total. The van der Waals surface area contributed by atoms with E-state index in [4.69, 9.17) is 0 Å². The highest BCUT2D eigenvalue weighted by Crippen LogP contribution is 2.65. The van der Waals surface area contributed by atoms with Crippen LogP contribution in [0.1, 0.15) is 35.1 Å². The maximum absolute atomic E-state index is 2.65. The quantitative estimate of drug-likeness (QED) is 0.249. The third-order valence-electron chi connectivity index (χ3n) is 9.23. The molecule has 0 amide bonds. The zero-order valence-corrected chi connectivity index (χ0v) is 23.4. The zero-order valence-electron chi connectivity index (χ0n) is 21.7. The molecule has 4 aromatic rings. The van der Waals surface area contributed by atoms with Gasteiger partial charge in [-0.05, 0) is 64.3 Å². The van der Waals surface area contributed by atoms with Gasteiger partial charge in [0.2, 0.25) is 0 Å². The fourth-order valence-corrected chi connectivity index (χ4v) is 10.7. The summed E-state index contributed by atoms with van der Waals surface area (Å²) in [5.41, 5.74) is 8.60. The summed E-state index contributed by atoms with van der Waals surface area (Å²) in [6.45, 7) is 0. The molecule has 2 aliphatic carbocycles. The molecular formula is C37H30S2. The van der Waals surface area contributed by atoms with Gasteiger partial charge in [-0.1, -0.05) is 133 Å². The number of hydrogen-bond donors (Lipinski definition) is 0.